The Hall–Kier alpha value is -2.09. The zero-order valence-corrected chi connectivity index (χ0v) is 11.7. The third-order valence-electron chi connectivity index (χ3n) is 2.84. The van der Waals surface area contributed by atoms with E-state index in [1.165, 1.54) is 11.2 Å². The lowest BCUT2D eigenvalue weighted by molar-refractivity contribution is -0.139. The Bertz CT molecular complexity index is 421. The second-order valence-electron chi connectivity index (χ2n) is 4.50. The Morgan fingerprint density at radius 3 is 2.85 bits per heavy atom. The number of nitrogens with zero attached hydrogens (tertiary/aromatic N) is 2. The lowest BCUT2D eigenvalue weighted by Crippen LogP contribution is -2.48. The van der Waals surface area contributed by atoms with Crippen LogP contribution in [-0.2, 0) is 11.2 Å². The first kappa shape index (κ1) is 16.0. The van der Waals surface area contributed by atoms with Gasteiger partial charge in [0, 0.05) is 31.9 Å². The number of amides is 2. The van der Waals surface area contributed by atoms with Crippen molar-refractivity contribution in [3.05, 3.63) is 18.2 Å². The molecule has 8 nitrogen and oxygen atoms in total. The highest BCUT2D eigenvalue weighted by molar-refractivity contribution is 5.82. The Balaban J connectivity index is 2.48. The van der Waals surface area contributed by atoms with Crippen molar-refractivity contribution in [1.82, 2.24) is 25.5 Å². The molecule has 1 atom stereocenters. The van der Waals surface area contributed by atoms with Crippen molar-refractivity contribution in [3.63, 3.8) is 0 Å². The van der Waals surface area contributed by atoms with E-state index in [1.807, 2.05) is 7.05 Å². The molecule has 0 fully saturated rings. The van der Waals surface area contributed by atoms with Crippen molar-refractivity contribution in [2.75, 3.05) is 27.2 Å². The Morgan fingerprint density at radius 1 is 1.55 bits per heavy atom. The number of H-pyrrole nitrogens is 1. The van der Waals surface area contributed by atoms with E-state index in [-0.39, 0.29) is 6.42 Å². The van der Waals surface area contributed by atoms with Crippen LogP contribution in [0.15, 0.2) is 12.5 Å². The normalized spacial score (nSPS) is 11.9. The van der Waals surface area contributed by atoms with Crippen LogP contribution in [0.25, 0.3) is 0 Å². The van der Waals surface area contributed by atoms with Crippen LogP contribution in [0.1, 0.15) is 12.1 Å². The largest absolute Gasteiger partial charge is 0.480 e. The minimum atomic E-state index is -1.07. The predicted octanol–water partition coefficient (Wildman–Crippen LogP) is -0.344. The SMILES string of the molecule is CNCCCN(C)C(=O)N[C@H](Cc1cnc[nH]1)C(=O)O. The second-order valence-corrected chi connectivity index (χ2v) is 4.50. The average molecular weight is 283 g/mol. The summed E-state index contributed by atoms with van der Waals surface area (Å²) in [5.41, 5.74) is 0.663. The van der Waals surface area contributed by atoms with E-state index < -0.39 is 18.0 Å². The number of aliphatic carboxylic acids is 1. The fourth-order valence-corrected chi connectivity index (χ4v) is 1.67. The molecule has 1 aromatic heterocycles. The summed E-state index contributed by atoms with van der Waals surface area (Å²) < 4.78 is 0. The maximum Gasteiger partial charge on any atom is 0.326 e. The topological polar surface area (TPSA) is 110 Å². The zero-order valence-electron chi connectivity index (χ0n) is 11.7. The summed E-state index contributed by atoms with van der Waals surface area (Å²) in [4.78, 5) is 31.2. The van der Waals surface area contributed by atoms with E-state index in [4.69, 9.17) is 5.11 Å². The number of carbonyl (C=O) groups is 2. The zero-order chi connectivity index (χ0) is 15.0. The molecule has 0 bridgehead atoms. The highest BCUT2D eigenvalue weighted by Gasteiger charge is 2.22. The summed E-state index contributed by atoms with van der Waals surface area (Å²) in [5, 5.41) is 14.6. The average Bonchev–Trinajstić information content (AvgIpc) is 2.90. The molecule has 0 saturated carbocycles. The van der Waals surface area contributed by atoms with Crippen molar-refractivity contribution < 1.29 is 14.7 Å². The van der Waals surface area contributed by atoms with E-state index >= 15 is 0 Å². The molecule has 2 amide bonds. The summed E-state index contributed by atoms with van der Waals surface area (Å²) in [7, 11) is 3.48. The van der Waals surface area contributed by atoms with Crippen molar-refractivity contribution in [2.24, 2.45) is 0 Å². The molecule has 0 aliphatic rings. The molecule has 0 saturated heterocycles. The van der Waals surface area contributed by atoms with E-state index in [2.05, 4.69) is 20.6 Å². The molecule has 1 rings (SSSR count). The molecule has 8 heteroatoms. The van der Waals surface area contributed by atoms with Gasteiger partial charge < -0.3 is 25.6 Å². The molecule has 20 heavy (non-hydrogen) atoms. The van der Waals surface area contributed by atoms with Gasteiger partial charge in [-0.25, -0.2) is 14.6 Å². The number of aromatic nitrogens is 2. The van der Waals surface area contributed by atoms with Crippen LogP contribution in [-0.4, -0.2) is 65.2 Å². The van der Waals surface area contributed by atoms with Gasteiger partial charge in [0.1, 0.15) is 6.04 Å². The van der Waals surface area contributed by atoms with Crippen LogP contribution in [0.5, 0.6) is 0 Å². The van der Waals surface area contributed by atoms with Gasteiger partial charge in [0.05, 0.1) is 6.33 Å². The Morgan fingerprint density at radius 2 is 2.30 bits per heavy atom. The number of rotatable bonds is 8. The highest BCUT2D eigenvalue weighted by atomic mass is 16.4. The number of nitrogens with one attached hydrogen (secondary N) is 3. The van der Waals surface area contributed by atoms with Crippen LogP contribution < -0.4 is 10.6 Å². The smallest absolute Gasteiger partial charge is 0.326 e. The third kappa shape index (κ3) is 5.27. The molecular formula is C12H21N5O3. The van der Waals surface area contributed by atoms with Gasteiger partial charge in [0.2, 0.25) is 0 Å². The number of hydrogen-bond acceptors (Lipinski definition) is 4. The molecule has 1 aromatic rings. The summed E-state index contributed by atoms with van der Waals surface area (Å²) in [6.45, 7) is 1.36. The second kappa shape index (κ2) is 8.16. The molecule has 1 heterocycles. The van der Waals surface area contributed by atoms with Crippen LogP contribution in [0, 0.1) is 0 Å². The maximum atomic E-state index is 11.9. The number of imidazole rings is 1. The Labute approximate surface area is 117 Å². The van der Waals surface area contributed by atoms with E-state index in [9.17, 15) is 9.59 Å². The van der Waals surface area contributed by atoms with Gasteiger partial charge in [0.25, 0.3) is 0 Å². The first-order valence-electron chi connectivity index (χ1n) is 6.41. The van der Waals surface area contributed by atoms with E-state index in [0.29, 0.717) is 12.2 Å². The van der Waals surface area contributed by atoms with Crippen LogP contribution >= 0.6 is 0 Å². The van der Waals surface area contributed by atoms with Crippen LogP contribution in [0.2, 0.25) is 0 Å². The van der Waals surface area contributed by atoms with E-state index in [0.717, 1.165) is 13.0 Å². The number of carboxylic acid groups (broad SMARTS) is 1. The van der Waals surface area contributed by atoms with Crippen molar-refractivity contribution >= 4 is 12.0 Å². The lowest BCUT2D eigenvalue weighted by Gasteiger charge is -2.21. The van der Waals surface area contributed by atoms with Gasteiger partial charge in [-0.15, -0.1) is 0 Å². The Kier molecular flexibility index (Phi) is 6.51. The van der Waals surface area contributed by atoms with Gasteiger partial charge in [0.15, 0.2) is 0 Å². The number of hydrogen-bond donors (Lipinski definition) is 4. The molecule has 0 aliphatic heterocycles. The summed E-state index contributed by atoms with van der Waals surface area (Å²) in [6, 6.07) is -1.37. The van der Waals surface area contributed by atoms with Crippen molar-refractivity contribution in [1.29, 1.82) is 0 Å². The van der Waals surface area contributed by atoms with E-state index in [1.54, 1.807) is 13.2 Å². The third-order valence-corrected chi connectivity index (χ3v) is 2.84. The van der Waals surface area contributed by atoms with Gasteiger partial charge >= 0.3 is 12.0 Å². The monoisotopic (exact) mass is 283 g/mol. The van der Waals surface area contributed by atoms with Gasteiger partial charge in [-0.2, -0.15) is 0 Å². The minimum Gasteiger partial charge on any atom is -0.480 e. The number of urea groups is 1. The summed E-state index contributed by atoms with van der Waals surface area (Å²) >= 11 is 0. The molecule has 112 valence electrons. The van der Waals surface area contributed by atoms with Crippen molar-refractivity contribution in [2.45, 2.75) is 18.9 Å². The number of carboxylic acids is 1. The highest BCUT2D eigenvalue weighted by Crippen LogP contribution is 2.00. The molecule has 0 aromatic carbocycles. The summed E-state index contributed by atoms with van der Waals surface area (Å²) in [6.07, 6.45) is 3.99. The summed E-state index contributed by atoms with van der Waals surface area (Å²) in [5.74, 6) is -1.07. The van der Waals surface area contributed by atoms with Crippen molar-refractivity contribution in [3.8, 4) is 0 Å². The van der Waals surface area contributed by atoms with Gasteiger partial charge in [-0.3, -0.25) is 0 Å². The standard InChI is InChI=1S/C12H21N5O3/c1-13-4-3-5-17(2)12(20)16-10(11(18)19)6-9-7-14-8-15-9/h7-8,10,13H,3-6H2,1-2H3,(H,14,15)(H,16,20)(H,18,19)/t10-/m1/s1. The van der Waals surface area contributed by atoms with Gasteiger partial charge in [-0.1, -0.05) is 0 Å². The molecule has 0 aliphatic carbocycles. The number of aromatic amines is 1. The molecular weight excluding hydrogens is 262 g/mol. The first-order valence-corrected chi connectivity index (χ1v) is 6.41. The molecule has 0 radical (unpaired) electrons. The predicted molar refractivity (Wildman–Crippen MR) is 73.4 cm³/mol. The minimum absolute atomic E-state index is 0.172. The molecule has 0 unspecified atom stereocenters. The van der Waals surface area contributed by atoms with Crippen LogP contribution in [0.3, 0.4) is 0 Å². The molecule has 4 N–H and O–H groups in total. The lowest BCUT2D eigenvalue weighted by atomic mass is 10.1. The fraction of sp³-hybridized carbons (Fsp3) is 0.583. The van der Waals surface area contributed by atoms with Gasteiger partial charge in [-0.05, 0) is 20.0 Å². The fourth-order valence-electron chi connectivity index (χ4n) is 1.67. The quantitative estimate of drug-likeness (QED) is 0.488. The first-order chi connectivity index (χ1) is 9.54. The molecule has 0 spiro atoms. The maximum absolute atomic E-state index is 11.9. The van der Waals surface area contributed by atoms with Crippen LogP contribution in [0.4, 0.5) is 4.79 Å². The number of carbonyl (C=O) groups excluding carboxylic acids is 1.